The summed E-state index contributed by atoms with van der Waals surface area (Å²) in [6, 6.07) is 0. The summed E-state index contributed by atoms with van der Waals surface area (Å²) >= 11 is 0. The lowest BCUT2D eigenvalue weighted by atomic mass is 10.0. The second-order valence-corrected chi connectivity index (χ2v) is 8.01. The molecule has 132 valence electrons. The van der Waals surface area contributed by atoms with E-state index in [4.69, 9.17) is 9.05 Å². The van der Waals surface area contributed by atoms with Gasteiger partial charge in [0.25, 0.3) is 0 Å². The Morgan fingerprint density at radius 3 is 1.68 bits per heavy atom. The van der Waals surface area contributed by atoms with Gasteiger partial charge in [-0.25, -0.2) is 4.57 Å². The Hall–Kier alpha value is 0.110. The van der Waals surface area contributed by atoms with Crippen LogP contribution in [0.1, 0.15) is 96.8 Å². The van der Waals surface area contributed by atoms with Gasteiger partial charge in [0.15, 0.2) is 0 Å². The van der Waals surface area contributed by atoms with E-state index < -0.39 is 7.82 Å². The molecule has 1 heterocycles. The predicted molar refractivity (Wildman–Crippen MR) is 91.0 cm³/mol. The molecule has 0 aromatic heterocycles. The maximum atomic E-state index is 11.8. The van der Waals surface area contributed by atoms with Crippen molar-refractivity contribution >= 4 is 7.82 Å². The van der Waals surface area contributed by atoms with Crippen molar-refractivity contribution in [3.63, 3.8) is 0 Å². The monoisotopic (exact) mass is 334 g/mol. The van der Waals surface area contributed by atoms with Crippen molar-refractivity contribution in [1.29, 1.82) is 0 Å². The molecular weight excluding hydrogens is 299 g/mol. The standard InChI is InChI=1S/C17H35O4P/c1-17-15-13-11-9-7-5-3-2-4-6-8-10-12-14-16-20-22(18,19)21-17/h17H,2-16H2,1H3,(H,18,19). The second-order valence-electron chi connectivity index (χ2n) is 6.60. The molecule has 2 atom stereocenters. The van der Waals surface area contributed by atoms with Crippen molar-refractivity contribution in [1.82, 2.24) is 0 Å². The quantitative estimate of drug-likeness (QED) is 0.553. The van der Waals surface area contributed by atoms with Crippen molar-refractivity contribution in [2.45, 2.75) is 103 Å². The molecule has 2 unspecified atom stereocenters. The third-order valence-corrected chi connectivity index (χ3v) is 5.46. The molecule has 22 heavy (non-hydrogen) atoms. The fourth-order valence-electron chi connectivity index (χ4n) is 2.97. The molecule has 4 nitrogen and oxygen atoms in total. The highest BCUT2D eigenvalue weighted by Crippen LogP contribution is 2.45. The van der Waals surface area contributed by atoms with Crippen molar-refractivity contribution < 1.29 is 18.5 Å². The average Bonchev–Trinajstić information content (AvgIpc) is 2.45. The van der Waals surface area contributed by atoms with Crippen LogP contribution in [0.5, 0.6) is 0 Å². The van der Waals surface area contributed by atoms with E-state index in [-0.39, 0.29) is 6.10 Å². The minimum absolute atomic E-state index is 0.210. The molecule has 1 aliphatic heterocycles. The van der Waals surface area contributed by atoms with Gasteiger partial charge in [-0.05, 0) is 19.8 Å². The topological polar surface area (TPSA) is 55.8 Å². The Balaban J connectivity index is 2.29. The van der Waals surface area contributed by atoms with E-state index in [1.807, 2.05) is 6.92 Å². The lowest BCUT2D eigenvalue weighted by molar-refractivity contribution is 0.105. The van der Waals surface area contributed by atoms with Crippen LogP contribution in [0.4, 0.5) is 0 Å². The van der Waals surface area contributed by atoms with Gasteiger partial charge >= 0.3 is 7.82 Å². The van der Waals surface area contributed by atoms with Crippen LogP contribution in [0.2, 0.25) is 0 Å². The minimum atomic E-state index is -3.86. The Labute approximate surface area is 136 Å². The smallest absolute Gasteiger partial charge is 0.302 e. The summed E-state index contributed by atoms with van der Waals surface area (Å²) < 4.78 is 22.1. The fourth-order valence-corrected chi connectivity index (χ4v) is 3.95. The first-order valence-electron chi connectivity index (χ1n) is 9.26. The summed E-state index contributed by atoms with van der Waals surface area (Å²) in [6.45, 7) is 2.18. The third-order valence-electron chi connectivity index (χ3n) is 4.32. The molecule has 0 aliphatic carbocycles. The van der Waals surface area contributed by atoms with Gasteiger partial charge in [0, 0.05) is 0 Å². The molecule has 1 N–H and O–H groups in total. The van der Waals surface area contributed by atoms with E-state index in [1.54, 1.807) is 0 Å². The predicted octanol–water partition coefficient (Wildman–Crippen LogP) is 5.98. The van der Waals surface area contributed by atoms with Crippen LogP contribution >= 0.6 is 7.82 Å². The molecule has 0 radical (unpaired) electrons. The summed E-state index contributed by atoms with van der Waals surface area (Å²) in [7, 11) is -3.86. The van der Waals surface area contributed by atoms with E-state index in [0.29, 0.717) is 6.61 Å². The van der Waals surface area contributed by atoms with Crippen LogP contribution in [0.15, 0.2) is 0 Å². The van der Waals surface area contributed by atoms with Crippen LogP contribution in [0, 0.1) is 0 Å². The lowest BCUT2D eigenvalue weighted by Gasteiger charge is -2.17. The highest BCUT2D eigenvalue weighted by atomic mass is 31.2. The maximum Gasteiger partial charge on any atom is 0.472 e. The molecule has 1 rings (SSSR count). The van der Waals surface area contributed by atoms with E-state index in [0.717, 1.165) is 25.7 Å². The highest BCUT2D eigenvalue weighted by Gasteiger charge is 2.23. The van der Waals surface area contributed by atoms with Crippen molar-refractivity contribution in [2.24, 2.45) is 0 Å². The molecule has 1 saturated heterocycles. The molecule has 0 aromatic carbocycles. The first-order chi connectivity index (χ1) is 10.6. The molecule has 0 aromatic rings. The van der Waals surface area contributed by atoms with Crippen LogP contribution in [0.3, 0.4) is 0 Å². The Bertz CT molecular complexity index is 309. The van der Waals surface area contributed by atoms with E-state index in [1.165, 1.54) is 64.2 Å². The van der Waals surface area contributed by atoms with E-state index in [2.05, 4.69) is 0 Å². The zero-order valence-corrected chi connectivity index (χ0v) is 15.2. The van der Waals surface area contributed by atoms with Gasteiger partial charge in [0.05, 0.1) is 12.7 Å². The summed E-state index contributed by atoms with van der Waals surface area (Å²) in [5.41, 5.74) is 0. The summed E-state index contributed by atoms with van der Waals surface area (Å²) in [6.07, 6.45) is 16.6. The summed E-state index contributed by atoms with van der Waals surface area (Å²) in [5.74, 6) is 0. The van der Waals surface area contributed by atoms with Crippen LogP contribution in [0.25, 0.3) is 0 Å². The molecule has 0 spiro atoms. The lowest BCUT2D eigenvalue weighted by Crippen LogP contribution is -2.08. The molecular formula is C17H35O4P. The van der Waals surface area contributed by atoms with Crippen LogP contribution in [-0.2, 0) is 13.6 Å². The number of phosphoric acid groups is 1. The minimum Gasteiger partial charge on any atom is -0.302 e. The van der Waals surface area contributed by atoms with Gasteiger partial charge in [-0.1, -0.05) is 77.0 Å². The molecule has 0 saturated carbocycles. The summed E-state index contributed by atoms with van der Waals surface area (Å²) in [4.78, 5) is 9.69. The van der Waals surface area contributed by atoms with Crippen LogP contribution < -0.4 is 0 Å². The largest absolute Gasteiger partial charge is 0.472 e. The number of hydrogen-bond acceptors (Lipinski definition) is 3. The molecule has 5 heteroatoms. The van der Waals surface area contributed by atoms with Gasteiger partial charge in [-0.15, -0.1) is 0 Å². The molecule has 0 amide bonds. The van der Waals surface area contributed by atoms with E-state index >= 15 is 0 Å². The third kappa shape index (κ3) is 11.6. The maximum absolute atomic E-state index is 11.8. The number of rotatable bonds is 0. The molecule has 1 aliphatic rings. The van der Waals surface area contributed by atoms with Crippen LogP contribution in [-0.4, -0.2) is 17.6 Å². The first-order valence-corrected chi connectivity index (χ1v) is 10.8. The Morgan fingerprint density at radius 2 is 1.18 bits per heavy atom. The van der Waals surface area contributed by atoms with Crippen molar-refractivity contribution in [2.75, 3.05) is 6.61 Å². The number of phosphoric ester groups is 1. The first kappa shape index (κ1) is 20.2. The molecule has 1 fully saturated rings. The van der Waals surface area contributed by atoms with Gasteiger partial charge in [-0.3, -0.25) is 9.05 Å². The van der Waals surface area contributed by atoms with Gasteiger partial charge in [0.2, 0.25) is 0 Å². The highest BCUT2D eigenvalue weighted by molar-refractivity contribution is 7.47. The zero-order chi connectivity index (χ0) is 16.1. The van der Waals surface area contributed by atoms with Gasteiger partial charge in [0.1, 0.15) is 0 Å². The normalized spacial score (nSPS) is 32.5. The molecule has 0 bridgehead atoms. The zero-order valence-electron chi connectivity index (χ0n) is 14.3. The van der Waals surface area contributed by atoms with Gasteiger partial charge < -0.3 is 4.89 Å². The Morgan fingerprint density at radius 1 is 0.773 bits per heavy atom. The van der Waals surface area contributed by atoms with Crippen molar-refractivity contribution in [3.05, 3.63) is 0 Å². The van der Waals surface area contributed by atoms with Gasteiger partial charge in [-0.2, -0.15) is 0 Å². The summed E-state index contributed by atoms with van der Waals surface area (Å²) in [5, 5.41) is 0. The average molecular weight is 334 g/mol. The SMILES string of the molecule is CC1CCCCCCCCCCCCCCCOP(=O)(O)O1. The van der Waals surface area contributed by atoms with E-state index in [9.17, 15) is 9.46 Å². The number of hydrogen-bond donors (Lipinski definition) is 1. The van der Waals surface area contributed by atoms with Crippen molar-refractivity contribution in [3.8, 4) is 0 Å². The fraction of sp³-hybridized carbons (Fsp3) is 1.00. The second kappa shape index (κ2) is 12.5. The Kier molecular flexibility index (Phi) is 11.5.